The van der Waals surface area contributed by atoms with E-state index in [1.807, 2.05) is 24.3 Å². The van der Waals surface area contributed by atoms with Crippen molar-refractivity contribution < 1.29 is 14.7 Å². The number of aromatic nitrogens is 3. The number of hydrogen-bond acceptors (Lipinski definition) is 4. The van der Waals surface area contributed by atoms with Gasteiger partial charge in [-0.3, -0.25) is 9.59 Å². The molecule has 2 aromatic rings. The highest BCUT2D eigenvalue weighted by Gasteiger charge is 2.33. The number of benzene rings is 1. The van der Waals surface area contributed by atoms with E-state index in [9.17, 15) is 9.59 Å². The number of likely N-dealkylation sites (tertiary alicyclic amines) is 1. The topological polar surface area (TPSA) is 88.3 Å². The number of carbonyl (C=O) groups excluding carboxylic acids is 1. The van der Waals surface area contributed by atoms with Crippen LogP contribution in [0, 0.1) is 5.92 Å². The SMILES string of the molecule is O=C(O)C1CC(=O)N(Cc2ccc(-n3cncn3)cc2)C1. The number of carboxylic acids is 1. The molecule has 0 radical (unpaired) electrons. The fraction of sp³-hybridized carbons (Fsp3) is 0.286. The van der Waals surface area contributed by atoms with Gasteiger partial charge in [0.1, 0.15) is 12.7 Å². The number of amides is 1. The average Bonchev–Trinajstić information content (AvgIpc) is 3.10. The summed E-state index contributed by atoms with van der Waals surface area (Å²) in [6, 6.07) is 7.58. The summed E-state index contributed by atoms with van der Waals surface area (Å²) in [6.45, 7) is 0.708. The zero-order valence-electron chi connectivity index (χ0n) is 11.2. The molecule has 1 aliphatic heterocycles. The first-order chi connectivity index (χ1) is 10.1. The third-order valence-corrected chi connectivity index (χ3v) is 3.56. The van der Waals surface area contributed by atoms with Gasteiger partial charge in [0, 0.05) is 19.5 Å². The van der Waals surface area contributed by atoms with Crippen LogP contribution in [0.25, 0.3) is 5.69 Å². The zero-order valence-corrected chi connectivity index (χ0v) is 11.2. The maximum Gasteiger partial charge on any atom is 0.308 e. The van der Waals surface area contributed by atoms with Crippen molar-refractivity contribution in [1.82, 2.24) is 19.7 Å². The van der Waals surface area contributed by atoms with E-state index in [-0.39, 0.29) is 18.9 Å². The van der Waals surface area contributed by atoms with E-state index in [0.29, 0.717) is 6.54 Å². The lowest BCUT2D eigenvalue weighted by Gasteiger charge is -2.16. The highest BCUT2D eigenvalue weighted by Crippen LogP contribution is 2.20. The third-order valence-electron chi connectivity index (χ3n) is 3.56. The molecule has 7 nitrogen and oxygen atoms in total. The van der Waals surface area contributed by atoms with Crippen molar-refractivity contribution in [1.29, 1.82) is 0 Å². The molecule has 108 valence electrons. The summed E-state index contributed by atoms with van der Waals surface area (Å²) in [5, 5.41) is 13.0. The number of carboxylic acid groups (broad SMARTS) is 1. The highest BCUT2D eigenvalue weighted by atomic mass is 16.4. The Hall–Kier alpha value is -2.70. The normalized spacial score (nSPS) is 18.2. The molecule has 1 fully saturated rings. The molecule has 1 aliphatic rings. The quantitative estimate of drug-likeness (QED) is 0.893. The van der Waals surface area contributed by atoms with E-state index >= 15 is 0 Å². The van der Waals surface area contributed by atoms with Crippen molar-refractivity contribution in [2.45, 2.75) is 13.0 Å². The van der Waals surface area contributed by atoms with Crippen LogP contribution >= 0.6 is 0 Å². The second-order valence-electron chi connectivity index (χ2n) is 5.02. The van der Waals surface area contributed by atoms with Crippen molar-refractivity contribution >= 4 is 11.9 Å². The molecule has 1 unspecified atom stereocenters. The van der Waals surface area contributed by atoms with Crippen LogP contribution in [0.1, 0.15) is 12.0 Å². The van der Waals surface area contributed by atoms with Crippen molar-refractivity contribution in [3.05, 3.63) is 42.5 Å². The monoisotopic (exact) mass is 286 g/mol. The summed E-state index contributed by atoms with van der Waals surface area (Å²) in [5.41, 5.74) is 1.84. The van der Waals surface area contributed by atoms with Crippen LogP contribution in [0.2, 0.25) is 0 Å². The molecule has 0 saturated carbocycles. The van der Waals surface area contributed by atoms with Gasteiger partial charge in [-0.1, -0.05) is 12.1 Å². The van der Waals surface area contributed by atoms with Crippen LogP contribution in [-0.2, 0) is 16.1 Å². The molecule has 2 heterocycles. The average molecular weight is 286 g/mol. The first-order valence-electron chi connectivity index (χ1n) is 6.58. The number of rotatable bonds is 4. The predicted molar refractivity (Wildman–Crippen MR) is 72.5 cm³/mol. The molecular formula is C14H14N4O3. The summed E-state index contributed by atoms with van der Waals surface area (Å²) in [6.07, 6.45) is 3.16. The molecule has 1 saturated heterocycles. The maximum atomic E-state index is 11.8. The molecule has 21 heavy (non-hydrogen) atoms. The minimum atomic E-state index is -0.910. The number of nitrogens with zero attached hydrogens (tertiary/aromatic N) is 4. The lowest BCUT2D eigenvalue weighted by atomic mass is 10.1. The Labute approximate surface area is 120 Å². The fourth-order valence-electron chi connectivity index (χ4n) is 2.41. The second kappa shape index (κ2) is 5.35. The number of carbonyl (C=O) groups is 2. The Kier molecular flexibility index (Phi) is 3.39. The number of aliphatic carboxylic acids is 1. The van der Waals surface area contributed by atoms with Gasteiger partial charge in [-0.2, -0.15) is 5.10 Å². The first kappa shape index (κ1) is 13.3. The van der Waals surface area contributed by atoms with Crippen LogP contribution in [0.4, 0.5) is 0 Å². The fourth-order valence-corrected chi connectivity index (χ4v) is 2.41. The summed E-state index contributed by atoms with van der Waals surface area (Å²) in [4.78, 5) is 28.2. The van der Waals surface area contributed by atoms with E-state index in [0.717, 1.165) is 11.3 Å². The second-order valence-corrected chi connectivity index (χ2v) is 5.02. The van der Waals surface area contributed by atoms with Crippen molar-refractivity contribution in [3.63, 3.8) is 0 Å². The summed E-state index contributed by atoms with van der Waals surface area (Å²) in [5.74, 6) is -1.61. The predicted octanol–water partition coefficient (Wildman–Crippen LogP) is 0.700. The summed E-state index contributed by atoms with van der Waals surface area (Å²) in [7, 11) is 0. The van der Waals surface area contributed by atoms with E-state index in [2.05, 4.69) is 10.1 Å². The smallest absolute Gasteiger partial charge is 0.308 e. The minimum Gasteiger partial charge on any atom is -0.481 e. The summed E-state index contributed by atoms with van der Waals surface area (Å²) >= 11 is 0. The molecular weight excluding hydrogens is 272 g/mol. The van der Waals surface area contributed by atoms with Gasteiger partial charge in [-0.25, -0.2) is 9.67 Å². The van der Waals surface area contributed by atoms with Crippen molar-refractivity contribution in [2.75, 3.05) is 6.54 Å². The first-order valence-corrected chi connectivity index (χ1v) is 6.58. The van der Waals surface area contributed by atoms with Crippen molar-refractivity contribution in [3.8, 4) is 5.69 Å². The van der Waals surface area contributed by atoms with Crippen molar-refractivity contribution in [2.24, 2.45) is 5.92 Å². The van der Waals surface area contributed by atoms with Gasteiger partial charge in [0.15, 0.2) is 0 Å². The van der Waals surface area contributed by atoms with E-state index in [4.69, 9.17) is 5.11 Å². The Morgan fingerprint density at radius 2 is 2.10 bits per heavy atom. The molecule has 1 N–H and O–H groups in total. The highest BCUT2D eigenvalue weighted by molar-refractivity contribution is 5.86. The Morgan fingerprint density at radius 1 is 1.33 bits per heavy atom. The van der Waals surface area contributed by atoms with E-state index in [1.54, 1.807) is 15.9 Å². The van der Waals surface area contributed by atoms with Crippen LogP contribution in [-0.4, -0.2) is 43.2 Å². The standard InChI is InChI=1S/C14H14N4O3/c19-13-5-11(14(20)21)7-17(13)6-10-1-3-12(4-2-10)18-9-15-8-16-18/h1-4,8-9,11H,5-7H2,(H,20,21). The van der Waals surface area contributed by atoms with Crippen LogP contribution in [0.5, 0.6) is 0 Å². The maximum absolute atomic E-state index is 11.8. The lowest BCUT2D eigenvalue weighted by molar-refractivity contribution is -0.141. The molecule has 0 bridgehead atoms. The molecule has 7 heteroatoms. The minimum absolute atomic E-state index is 0.0897. The molecule has 1 amide bonds. The molecule has 0 aliphatic carbocycles. The molecule has 1 aromatic heterocycles. The molecule has 0 spiro atoms. The largest absolute Gasteiger partial charge is 0.481 e. The van der Waals surface area contributed by atoms with Gasteiger partial charge in [-0.15, -0.1) is 0 Å². The molecule has 1 atom stereocenters. The molecule has 1 aromatic carbocycles. The molecule has 3 rings (SSSR count). The van der Waals surface area contributed by atoms with Gasteiger partial charge in [0.25, 0.3) is 0 Å². The Balaban J connectivity index is 1.68. The number of hydrogen-bond donors (Lipinski definition) is 1. The van der Waals surface area contributed by atoms with Gasteiger partial charge in [0.2, 0.25) is 5.91 Å². The van der Waals surface area contributed by atoms with Gasteiger partial charge >= 0.3 is 5.97 Å². The lowest BCUT2D eigenvalue weighted by Crippen LogP contribution is -2.25. The van der Waals surface area contributed by atoms with Crippen LogP contribution < -0.4 is 0 Å². The van der Waals surface area contributed by atoms with Crippen LogP contribution in [0.15, 0.2) is 36.9 Å². The summed E-state index contributed by atoms with van der Waals surface area (Å²) < 4.78 is 1.64. The third kappa shape index (κ3) is 2.76. The Bertz CT molecular complexity index is 651. The van der Waals surface area contributed by atoms with E-state index in [1.165, 1.54) is 6.33 Å². The Morgan fingerprint density at radius 3 is 2.67 bits per heavy atom. The van der Waals surface area contributed by atoms with E-state index < -0.39 is 11.9 Å². The van der Waals surface area contributed by atoms with Crippen LogP contribution in [0.3, 0.4) is 0 Å². The zero-order chi connectivity index (χ0) is 14.8. The van der Waals surface area contributed by atoms with Gasteiger partial charge in [0.05, 0.1) is 11.6 Å². The van der Waals surface area contributed by atoms with Gasteiger partial charge < -0.3 is 10.0 Å². The van der Waals surface area contributed by atoms with Gasteiger partial charge in [-0.05, 0) is 17.7 Å².